The van der Waals surface area contributed by atoms with E-state index in [1.165, 1.54) is 33.8 Å². The molecule has 3 rings (SSSR count). The van der Waals surface area contributed by atoms with Crippen molar-refractivity contribution in [2.24, 2.45) is 14.1 Å². The van der Waals surface area contributed by atoms with E-state index in [1.807, 2.05) is 13.8 Å². The van der Waals surface area contributed by atoms with Crippen LogP contribution in [0.1, 0.15) is 10.6 Å². The van der Waals surface area contributed by atoms with Crippen LogP contribution in [0.4, 0.5) is 5.13 Å². The molecule has 0 saturated heterocycles. The third kappa shape index (κ3) is 2.54. The van der Waals surface area contributed by atoms with Gasteiger partial charge in [-0.15, -0.1) is 11.3 Å². The molecular weight excluding hydrogens is 332 g/mol. The number of carbonyl (C=O) groups excluding carboxylic acids is 1. The minimum atomic E-state index is -0.590. The zero-order valence-electron chi connectivity index (χ0n) is 13.7. The summed E-state index contributed by atoms with van der Waals surface area (Å²) >= 11 is 1.34. The molecule has 0 aliphatic heterocycles. The van der Waals surface area contributed by atoms with Crippen molar-refractivity contribution in [1.29, 1.82) is 0 Å². The van der Waals surface area contributed by atoms with Gasteiger partial charge in [-0.3, -0.25) is 14.2 Å². The lowest BCUT2D eigenvalue weighted by Crippen LogP contribution is -2.42. The Balaban J connectivity index is 1.98. The summed E-state index contributed by atoms with van der Waals surface area (Å²) in [6.07, 6.45) is 1.46. The van der Waals surface area contributed by atoms with Gasteiger partial charge in [-0.1, -0.05) is 0 Å². The Bertz CT molecular complexity index is 1050. The van der Waals surface area contributed by atoms with Crippen molar-refractivity contribution < 1.29 is 4.79 Å². The normalized spacial score (nSPS) is 11.2. The summed E-state index contributed by atoms with van der Waals surface area (Å²) in [5.41, 5.74) is 0.253. The van der Waals surface area contributed by atoms with Crippen LogP contribution in [0.25, 0.3) is 11.2 Å². The highest BCUT2D eigenvalue weighted by atomic mass is 32.1. The van der Waals surface area contributed by atoms with Crippen molar-refractivity contribution in [3.63, 3.8) is 0 Å². The molecule has 3 heterocycles. The summed E-state index contributed by atoms with van der Waals surface area (Å²) in [5, 5.41) is 3.07. The van der Waals surface area contributed by atoms with E-state index in [0.717, 1.165) is 15.1 Å². The van der Waals surface area contributed by atoms with Gasteiger partial charge in [-0.2, -0.15) is 0 Å². The Labute approximate surface area is 140 Å². The van der Waals surface area contributed by atoms with Crippen LogP contribution in [0.15, 0.2) is 15.9 Å². The summed E-state index contributed by atoms with van der Waals surface area (Å²) in [6, 6.07) is 0. The first-order valence-electron chi connectivity index (χ1n) is 7.14. The number of hydrogen-bond donors (Lipinski definition) is 1. The van der Waals surface area contributed by atoms with E-state index in [2.05, 4.69) is 15.3 Å². The van der Waals surface area contributed by atoms with Crippen LogP contribution in [-0.2, 0) is 25.4 Å². The van der Waals surface area contributed by atoms with E-state index in [9.17, 15) is 14.4 Å². The third-order valence-electron chi connectivity index (χ3n) is 3.78. The molecule has 24 heavy (non-hydrogen) atoms. The molecule has 0 bridgehead atoms. The Hall–Kier alpha value is -2.75. The monoisotopic (exact) mass is 348 g/mol. The zero-order chi connectivity index (χ0) is 17.6. The number of nitrogens with one attached hydrogen (secondary N) is 1. The number of aryl methyl sites for hydroxylation is 4. The van der Waals surface area contributed by atoms with Crippen molar-refractivity contribution >= 4 is 33.5 Å². The number of amides is 1. The minimum absolute atomic E-state index is 0.269. The highest BCUT2D eigenvalue weighted by Gasteiger charge is 2.17. The van der Waals surface area contributed by atoms with Crippen LogP contribution in [0, 0.1) is 13.8 Å². The van der Waals surface area contributed by atoms with Gasteiger partial charge < -0.3 is 9.88 Å². The van der Waals surface area contributed by atoms with Crippen molar-refractivity contribution in [1.82, 2.24) is 23.7 Å². The molecule has 0 fully saturated rings. The molecule has 0 atom stereocenters. The molecule has 10 heteroatoms. The molecule has 0 spiro atoms. The van der Waals surface area contributed by atoms with Gasteiger partial charge in [0, 0.05) is 19.0 Å². The summed E-state index contributed by atoms with van der Waals surface area (Å²) < 4.78 is 3.67. The fourth-order valence-corrected chi connectivity index (χ4v) is 3.20. The molecule has 0 saturated carbocycles. The van der Waals surface area contributed by atoms with Crippen LogP contribution in [-0.4, -0.2) is 29.6 Å². The first-order chi connectivity index (χ1) is 11.3. The average molecular weight is 348 g/mol. The first kappa shape index (κ1) is 16.1. The van der Waals surface area contributed by atoms with E-state index in [-0.39, 0.29) is 17.7 Å². The van der Waals surface area contributed by atoms with Gasteiger partial charge >= 0.3 is 5.69 Å². The van der Waals surface area contributed by atoms with Gasteiger partial charge in [-0.05, 0) is 13.8 Å². The summed E-state index contributed by atoms with van der Waals surface area (Å²) in [7, 11) is 3.17. The second-order valence-electron chi connectivity index (χ2n) is 5.47. The van der Waals surface area contributed by atoms with Gasteiger partial charge in [0.2, 0.25) is 5.91 Å². The molecule has 1 N–H and O–H groups in total. The lowest BCUT2D eigenvalue weighted by atomic mass is 10.4. The van der Waals surface area contributed by atoms with Crippen molar-refractivity contribution in [2.45, 2.75) is 20.4 Å². The summed E-state index contributed by atoms with van der Waals surface area (Å²) in [4.78, 5) is 46.3. The van der Waals surface area contributed by atoms with Crippen LogP contribution >= 0.6 is 11.3 Å². The molecule has 0 aromatic carbocycles. The maximum Gasteiger partial charge on any atom is 0.332 e. The predicted molar refractivity (Wildman–Crippen MR) is 90.4 cm³/mol. The molecule has 0 unspecified atom stereocenters. The summed E-state index contributed by atoms with van der Waals surface area (Å²) in [6.45, 7) is 3.36. The molecule has 0 aliphatic carbocycles. The second kappa shape index (κ2) is 5.71. The number of imidazole rings is 1. The molecule has 1 amide bonds. The molecule has 0 radical (unpaired) electrons. The molecule has 3 aromatic heterocycles. The molecule has 0 aliphatic rings. The lowest BCUT2D eigenvalue weighted by Gasteiger charge is -2.08. The Morgan fingerprint density at radius 2 is 2.00 bits per heavy atom. The molecule has 126 valence electrons. The van der Waals surface area contributed by atoms with Crippen molar-refractivity contribution in [2.75, 3.05) is 5.32 Å². The fourth-order valence-electron chi connectivity index (χ4n) is 2.36. The molecular formula is C14H16N6O3S. The van der Waals surface area contributed by atoms with E-state index in [4.69, 9.17) is 0 Å². The number of fused-ring (bicyclic) bond motifs is 1. The number of hydrogen-bond acceptors (Lipinski definition) is 6. The maximum absolute atomic E-state index is 12.5. The SMILES string of the molecule is Cc1nc(NC(=O)Cn2c(=O)c3c(ncn3C)n(C)c2=O)sc1C. The first-order valence-corrected chi connectivity index (χ1v) is 7.96. The van der Waals surface area contributed by atoms with Crippen LogP contribution in [0.2, 0.25) is 0 Å². The van der Waals surface area contributed by atoms with Gasteiger partial charge in [0.25, 0.3) is 5.56 Å². The smallest absolute Gasteiger partial charge is 0.328 e. The molecule has 9 nitrogen and oxygen atoms in total. The number of anilines is 1. The summed E-state index contributed by atoms with van der Waals surface area (Å²) in [5.74, 6) is -0.482. The lowest BCUT2D eigenvalue weighted by molar-refractivity contribution is -0.116. The molecule has 3 aromatic rings. The van der Waals surface area contributed by atoms with E-state index < -0.39 is 17.2 Å². The standard InChI is InChI=1S/C14H16N6O3S/c1-7-8(2)24-13(16-7)17-9(21)5-20-12(22)10-11(15-6-18(10)3)19(4)14(20)23/h6H,5H2,1-4H3,(H,16,17,21). The topological polar surface area (TPSA) is 104 Å². The quantitative estimate of drug-likeness (QED) is 0.725. The largest absolute Gasteiger partial charge is 0.332 e. The number of rotatable bonds is 3. The average Bonchev–Trinajstić information content (AvgIpc) is 3.04. The van der Waals surface area contributed by atoms with Crippen LogP contribution < -0.4 is 16.6 Å². The second-order valence-corrected chi connectivity index (χ2v) is 6.67. The maximum atomic E-state index is 12.5. The number of nitrogens with zero attached hydrogens (tertiary/aromatic N) is 5. The highest BCUT2D eigenvalue weighted by molar-refractivity contribution is 7.15. The fraction of sp³-hybridized carbons (Fsp3) is 0.357. The predicted octanol–water partition coefficient (Wildman–Crippen LogP) is 0.146. The minimum Gasteiger partial charge on any atom is -0.328 e. The van der Waals surface area contributed by atoms with Crippen LogP contribution in [0.3, 0.4) is 0 Å². The van der Waals surface area contributed by atoms with E-state index in [1.54, 1.807) is 7.05 Å². The van der Waals surface area contributed by atoms with Crippen molar-refractivity contribution in [3.8, 4) is 0 Å². The third-order valence-corrected chi connectivity index (χ3v) is 4.77. The number of aromatic nitrogens is 5. The van der Waals surface area contributed by atoms with Gasteiger partial charge in [0.1, 0.15) is 6.54 Å². The Kier molecular flexibility index (Phi) is 3.84. The van der Waals surface area contributed by atoms with Gasteiger partial charge in [0.05, 0.1) is 12.0 Å². The van der Waals surface area contributed by atoms with E-state index >= 15 is 0 Å². The van der Waals surface area contributed by atoms with E-state index in [0.29, 0.717) is 5.13 Å². The van der Waals surface area contributed by atoms with Crippen LogP contribution in [0.5, 0.6) is 0 Å². The van der Waals surface area contributed by atoms with Crippen molar-refractivity contribution in [3.05, 3.63) is 37.7 Å². The number of thiazole rings is 1. The Morgan fingerprint density at radius 3 is 2.62 bits per heavy atom. The van der Waals surface area contributed by atoms with Gasteiger partial charge in [0.15, 0.2) is 16.3 Å². The zero-order valence-corrected chi connectivity index (χ0v) is 14.5. The highest BCUT2D eigenvalue weighted by Crippen LogP contribution is 2.20. The number of carbonyl (C=O) groups is 1. The Morgan fingerprint density at radius 1 is 1.29 bits per heavy atom. The van der Waals surface area contributed by atoms with Gasteiger partial charge in [-0.25, -0.2) is 19.3 Å².